The van der Waals surface area contributed by atoms with E-state index in [9.17, 15) is 4.79 Å². The van der Waals surface area contributed by atoms with Crippen molar-refractivity contribution in [2.24, 2.45) is 11.8 Å². The van der Waals surface area contributed by atoms with Crippen molar-refractivity contribution >= 4 is 23.4 Å². The number of nitrogens with one attached hydrogen (secondary N) is 1. The minimum absolute atomic E-state index is 0.166. The molecule has 2 rings (SSSR count). The molecular formula is C14H19ClN2O2. The minimum Gasteiger partial charge on any atom is -0.478 e. The average molecular weight is 283 g/mol. The number of aromatic carboxylic acids is 1. The third-order valence-corrected chi connectivity index (χ3v) is 4.27. The first-order valence-corrected chi connectivity index (χ1v) is 7.02. The van der Waals surface area contributed by atoms with Gasteiger partial charge in [0.2, 0.25) is 0 Å². The molecule has 0 aromatic carbocycles. The summed E-state index contributed by atoms with van der Waals surface area (Å²) in [5.41, 5.74) is 0.166. The van der Waals surface area contributed by atoms with E-state index >= 15 is 0 Å². The summed E-state index contributed by atoms with van der Waals surface area (Å²) in [4.78, 5) is 15.2. The molecule has 1 aromatic heterocycles. The molecular weight excluding hydrogens is 264 g/mol. The van der Waals surface area contributed by atoms with Gasteiger partial charge in [-0.3, -0.25) is 0 Å². The van der Waals surface area contributed by atoms with Crippen LogP contribution in [0.5, 0.6) is 0 Å². The molecule has 3 atom stereocenters. The van der Waals surface area contributed by atoms with E-state index < -0.39 is 5.97 Å². The summed E-state index contributed by atoms with van der Waals surface area (Å²) in [5.74, 6) is 0.778. The fourth-order valence-electron chi connectivity index (χ4n) is 2.67. The highest BCUT2D eigenvalue weighted by atomic mass is 35.5. The Morgan fingerprint density at radius 2 is 2.16 bits per heavy atom. The Hall–Kier alpha value is -1.29. The molecule has 4 nitrogen and oxygen atoms in total. The van der Waals surface area contributed by atoms with Crippen molar-refractivity contribution in [1.29, 1.82) is 0 Å². The van der Waals surface area contributed by atoms with Crippen LogP contribution in [0.1, 0.15) is 43.5 Å². The van der Waals surface area contributed by atoms with Gasteiger partial charge in [0, 0.05) is 6.04 Å². The fourth-order valence-corrected chi connectivity index (χ4v) is 2.88. The molecule has 1 aliphatic carbocycles. The van der Waals surface area contributed by atoms with Crippen molar-refractivity contribution in [3.05, 3.63) is 22.8 Å². The van der Waals surface area contributed by atoms with Gasteiger partial charge in [-0.15, -0.1) is 0 Å². The van der Waals surface area contributed by atoms with Gasteiger partial charge < -0.3 is 10.4 Å². The number of anilines is 1. The Morgan fingerprint density at radius 3 is 2.84 bits per heavy atom. The van der Waals surface area contributed by atoms with Crippen LogP contribution in [-0.4, -0.2) is 22.1 Å². The summed E-state index contributed by atoms with van der Waals surface area (Å²) < 4.78 is 0. The zero-order chi connectivity index (χ0) is 14.0. The molecule has 0 spiro atoms. The van der Waals surface area contributed by atoms with E-state index in [4.69, 9.17) is 16.7 Å². The molecule has 1 aliphatic rings. The molecule has 5 heteroatoms. The molecule has 1 saturated carbocycles. The lowest BCUT2D eigenvalue weighted by Gasteiger charge is -2.35. The number of carboxylic acids is 1. The van der Waals surface area contributed by atoms with Crippen LogP contribution in [0.15, 0.2) is 12.1 Å². The van der Waals surface area contributed by atoms with Gasteiger partial charge in [-0.1, -0.05) is 38.3 Å². The van der Waals surface area contributed by atoms with Gasteiger partial charge in [-0.25, -0.2) is 9.78 Å². The molecule has 1 fully saturated rings. The van der Waals surface area contributed by atoms with Crippen molar-refractivity contribution in [3.63, 3.8) is 0 Å². The van der Waals surface area contributed by atoms with Gasteiger partial charge in [0.25, 0.3) is 0 Å². The Bertz CT molecular complexity index is 479. The number of pyridine rings is 1. The van der Waals surface area contributed by atoms with E-state index in [1.165, 1.54) is 18.9 Å². The molecule has 0 saturated heterocycles. The maximum absolute atomic E-state index is 11.0. The van der Waals surface area contributed by atoms with Gasteiger partial charge in [0.05, 0.1) is 5.56 Å². The van der Waals surface area contributed by atoms with Crippen LogP contribution in [0.4, 0.5) is 5.82 Å². The largest absolute Gasteiger partial charge is 0.478 e. The van der Waals surface area contributed by atoms with Gasteiger partial charge in [-0.2, -0.15) is 0 Å². The van der Waals surface area contributed by atoms with Crippen LogP contribution in [0.3, 0.4) is 0 Å². The number of nitrogens with zero attached hydrogens (tertiary/aromatic N) is 1. The van der Waals surface area contributed by atoms with Crippen molar-refractivity contribution in [2.45, 2.75) is 39.2 Å². The first-order chi connectivity index (χ1) is 8.97. The van der Waals surface area contributed by atoms with E-state index in [1.807, 2.05) is 0 Å². The Balaban J connectivity index is 2.16. The maximum Gasteiger partial charge on any atom is 0.335 e. The number of halogens is 1. The smallest absolute Gasteiger partial charge is 0.335 e. The molecule has 0 aliphatic heterocycles. The quantitative estimate of drug-likeness (QED) is 0.831. The topological polar surface area (TPSA) is 62.2 Å². The van der Waals surface area contributed by atoms with Crippen molar-refractivity contribution in [2.75, 3.05) is 5.32 Å². The highest BCUT2D eigenvalue weighted by Crippen LogP contribution is 2.31. The lowest BCUT2D eigenvalue weighted by atomic mass is 9.78. The number of aromatic nitrogens is 1. The molecule has 1 aromatic rings. The second-order valence-corrected chi connectivity index (χ2v) is 5.77. The Kier molecular flexibility index (Phi) is 4.30. The summed E-state index contributed by atoms with van der Waals surface area (Å²) in [6, 6.07) is 3.23. The molecule has 0 radical (unpaired) electrons. The lowest BCUT2D eigenvalue weighted by molar-refractivity contribution is 0.0697. The Morgan fingerprint density at radius 1 is 1.42 bits per heavy atom. The van der Waals surface area contributed by atoms with E-state index in [0.29, 0.717) is 23.7 Å². The van der Waals surface area contributed by atoms with E-state index in [-0.39, 0.29) is 10.7 Å². The van der Waals surface area contributed by atoms with Gasteiger partial charge in [-0.05, 0) is 30.4 Å². The highest BCUT2D eigenvalue weighted by Gasteiger charge is 2.27. The zero-order valence-corrected chi connectivity index (χ0v) is 11.9. The first kappa shape index (κ1) is 14.1. The minimum atomic E-state index is -0.989. The summed E-state index contributed by atoms with van der Waals surface area (Å²) in [7, 11) is 0. The van der Waals surface area contributed by atoms with E-state index in [1.54, 1.807) is 6.07 Å². The number of carbonyl (C=O) groups is 1. The molecule has 19 heavy (non-hydrogen) atoms. The summed E-state index contributed by atoms with van der Waals surface area (Å²) in [6.45, 7) is 4.48. The summed E-state index contributed by atoms with van der Waals surface area (Å²) >= 11 is 5.86. The standard InChI is InChI=1S/C14H19ClN2O2/c1-8-4-3-5-11(9(8)2)16-13-7-10(14(18)19)6-12(15)17-13/h6-9,11H,3-5H2,1-2H3,(H,16,17)(H,18,19). The molecule has 104 valence electrons. The Labute approximate surface area is 118 Å². The highest BCUT2D eigenvalue weighted by molar-refractivity contribution is 6.29. The molecule has 2 N–H and O–H groups in total. The SMILES string of the molecule is CC1CCCC(Nc2cc(C(=O)O)cc(Cl)n2)C1C. The summed E-state index contributed by atoms with van der Waals surface area (Å²) in [6.07, 6.45) is 3.53. The van der Waals surface area contributed by atoms with Crippen LogP contribution in [-0.2, 0) is 0 Å². The van der Waals surface area contributed by atoms with Crippen LogP contribution < -0.4 is 5.32 Å². The predicted octanol–water partition coefficient (Wildman–Crippen LogP) is 3.67. The molecule has 0 bridgehead atoms. The third-order valence-electron chi connectivity index (χ3n) is 4.08. The molecule has 0 amide bonds. The second kappa shape index (κ2) is 5.78. The van der Waals surface area contributed by atoms with Gasteiger partial charge in [0.15, 0.2) is 0 Å². The number of hydrogen-bond acceptors (Lipinski definition) is 3. The average Bonchev–Trinajstić information content (AvgIpc) is 2.34. The van der Waals surface area contributed by atoms with Crippen molar-refractivity contribution in [1.82, 2.24) is 4.98 Å². The van der Waals surface area contributed by atoms with Crippen molar-refractivity contribution < 1.29 is 9.90 Å². The summed E-state index contributed by atoms with van der Waals surface area (Å²) in [5, 5.41) is 12.6. The second-order valence-electron chi connectivity index (χ2n) is 5.39. The van der Waals surface area contributed by atoms with Crippen LogP contribution in [0.2, 0.25) is 5.15 Å². The lowest BCUT2D eigenvalue weighted by Crippen LogP contribution is -2.35. The maximum atomic E-state index is 11.0. The van der Waals surface area contributed by atoms with E-state index in [2.05, 4.69) is 24.1 Å². The fraction of sp³-hybridized carbons (Fsp3) is 0.571. The molecule has 1 heterocycles. The van der Waals surface area contributed by atoms with Gasteiger partial charge in [0.1, 0.15) is 11.0 Å². The van der Waals surface area contributed by atoms with Crippen LogP contribution >= 0.6 is 11.6 Å². The normalized spacial score (nSPS) is 27.0. The number of hydrogen-bond donors (Lipinski definition) is 2. The van der Waals surface area contributed by atoms with Gasteiger partial charge >= 0.3 is 5.97 Å². The van der Waals surface area contributed by atoms with Crippen LogP contribution in [0.25, 0.3) is 0 Å². The predicted molar refractivity (Wildman–Crippen MR) is 75.8 cm³/mol. The molecule has 3 unspecified atom stereocenters. The zero-order valence-electron chi connectivity index (χ0n) is 11.2. The first-order valence-electron chi connectivity index (χ1n) is 6.65. The number of carboxylic acid groups (broad SMARTS) is 1. The number of rotatable bonds is 3. The van der Waals surface area contributed by atoms with E-state index in [0.717, 1.165) is 6.42 Å². The third kappa shape index (κ3) is 3.38. The van der Waals surface area contributed by atoms with Crippen LogP contribution in [0, 0.1) is 11.8 Å². The van der Waals surface area contributed by atoms with Crippen molar-refractivity contribution in [3.8, 4) is 0 Å². The monoisotopic (exact) mass is 282 g/mol.